The molecular weight excluding hydrogens is 418 g/mol. The molecule has 0 radical (unpaired) electrons. The Bertz CT molecular complexity index is 1150. The van der Waals surface area contributed by atoms with Crippen molar-refractivity contribution in [2.45, 2.75) is 46.0 Å². The zero-order valence-electron chi connectivity index (χ0n) is 17.6. The van der Waals surface area contributed by atoms with Crippen LogP contribution in [0.1, 0.15) is 45.1 Å². The number of fused-ring (bicyclic) bond motifs is 1. The average molecular weight is 444 g/mol. The third-order valence-corrected chi connectivity index (χ3v) is 6.51. The van der Waals surface area contributed by atoms with Crippen LogP contribution in [-0.4, -0.2) is 26.8 Å². The molecule has 1 saturated heterocycles. The van der Waals surface area contributed by atoms with Crippen molar-refractivity contribution in [1.82, 2.24) is 4.72 Å². The van der Waals surface area contributed by atoms with Crippen LogP contribution in [0.25, 0.3) is 10.8 Å². The van der Waals surface area contributed by atoms with E-state index < -0.39 is 22.1 Å². The standard InChI is InChI=1S/C22H25N3O5S/c1-3-4-5-22(27)30-20-12-17-9-8-16(7-6-15(2)13-23)10-18(17)11-19(20)25-14-21(26)24-31(25,28)29/h8-12,15H,3-7,14H2,1-2H3,(H,24,26). The van der Waals surface area contributed by atoms with E-state index >= 15 is 0 Å². The van der Waals surface area contributed by atoms with E-state index in [1.54, 1.807) is 12.1 Å². The molecule has 0 aromatic heterocycles. The third kappa shape index (κ3) is 5.33. The van der Waals surface area contributed by atoms with E-state index in [0.717, 1.165) is 27.1 Å². The summed E-state index contributed by atoms with van der Waals surface area (Å²) < 4.78 is 33.2. The molecule has 1 atom stereocenters. The number of ether oxygens (including phenoxy) is 1. The quantitative estimate of drug-likeness (QED) is 0.495. The number of carbonyl (C=O) groups excluding carboxylic acids is 2. The van der Waals surface area contributed by atoms with Gasteiger partial charge < -0.3 is 4.74 Å². The molecule has 2 aromatic carbocycles. The SMILES string of the molecule is CCCCC(=O)Oc1cc2ccc(CCC(C)C#N)cc2cc1N1CC(=O)NS1(=O)=O. The Morgan fingerprint density at radius 2 is 2.06 bits per heavy atom. The monoisotopic (exact) mass is 443 g/mol. The third-order valence-electron chi connectivity index (χ3n) is 5.12. The molecule has 1 amide bonds. The number of benzene rings is 2. The molecule has 0 bridgehead atoms. The van der Waals surface area contributed by atoms with E-state index in [1.165, 1.54) is 0 Å². The second-order valence-electron chi connectivity index (χ2n) is 7.68. The maximum Gasteiger partial charge on any atom is 0.326 e. The van der Waals surface area contributed by atoms with Crippen molar-refractivity contribution < 1.29 is 22.7 Å². The van der Waals surface area contributed by atoms with Crippen LogP contribution >= 0.6 is 0 Å². The number of esters is 1. The van der Waals surface area contributed by atoms with Gasteiger partial charge in [-0.15, -0.1) is 0 Å². The van der Waals surface area contributed by atoms with E-state index in [0.29, 0.717) is 19.3 Å². The van der Waals surface area contributed by atoms with Gasteiger partial charge in [0, 0.05) is 12.3 Å². The fraction of sp³-hybridized carbons (Fsp3) is 0.409. The van der Waals surface area contributed by atoms with Gasteiger partial charge in [0.1, 0.15) is 6.54 Å². The Balaban J connectivity index is 2.02. The number of nitrogens with one attached hydrogen (secondary N) is 1. The molecule has 2 aromatic rings. The second kappa shape index (κ2) is 9.35. The highest BCUT2D eigenvalue weighted by Gasteiger charge is 2.36. The number of anilines is 1. The van der Waals surface area contributed by atoms with Crippen molar-refractivity contribution in [1.29, 1.82) is 5.26 Å². The van der Waals surface area contributed by atoms with Crippen LogP contribution in [0.15, 0.2) is 30.3 Å². The molecule has 0 aliphatic carbocycles. The van der Waals surface area contributed by atoms with Crippen LogP contribution < -0.4 is 13.8 Å². The predicted octanol–water partition coefficient (Wildman–Crippen LogP) is 3.21. The molecule has 8 nitrogen and oxygen atoms in total. The summed E-state index contributed by atoms with van der Waals surface area (Å²) in [6.07, 6.45) is 3.12. The Morgan fingerprint density at radius 3 is 2.71 bits per heavy atom. The summed E-state index contributed by atoms with van der Waals surface area (Å²) in [5.74, 6) is -1.08. The minimum atomic E-state index is -4.06. The summed E-state index contributed by atoms with van der Waals surface area (Å²) in [6.45, 7) is 3.44. The number of nitrogens with zero attached hydrogens (tertiary/aromatic N) is 2. The first-order valence-corrected chi connectivity index (χ1v) is 11.7. The molecule has 1 heterocycles. The first-order valence-electron chi connectivity index (χ1n) is 10.2. The Kier molecular flexibility index (Phi) is 6.81. The number of carbonyl (C=O) groups is 2. The fourth-order valence-electron chi connectivity index (χ4n) is 3.35. The van der Waals surface area contributed by atoms with Crippen LogP contribution in [0.3, 0.4) is 0 Å². The van der Waals surface area contributed by atoms with Gasteiger partial charge in [-0.05, 0) is 54.7 Å². The van der Waals surface area contributed by atoms with E-state index in [4.69, 9.17) is 10.00 Å². The van der Waals surface area contributed by atoms with E-state index in [9.17, 15) is 18.0 Å². The number of amides is 1. The van der Waals surface area contributed by atoms with Crippen molar-refractivity contribution >= 4 is 38.5 Å². The molecule has 1 aliphatic rings. The summed E-state index contributed by atoms with van der Waals surface area (Å²) in [7, 11) is -4.06. The van der Waals surface area contributed by atoms with Crippen LogP contribution in [0.5, 0.6) is 5.75 Å². The van der Waals surface area contributed by atoms with Gasteiger partial charge in [0.2, 0.25) is 0 Å². The first-order chi connectivity index (χ1) is 14.7. The molecule has 1 unspecified atom stereocenters. The normalized spacial score (nSPS) is 16.0. The molecular formula is C22H25N3O5S. The summed E-state index contributed by atoms with van der Waals surface area (Å²) in [6, 6.07) is 11.2. The van der Waals surface area contributed by atoms with Gasteiger partial charge in [-0.1, -0.05) is 31.5 Å². The van der Waals surface area contributed by atoms with Crippen molar-refractivity contribution in [3.63, 3.8) is 0 Å². The van der Waals surface area contributed by atoms with Crippen LogP contribution in [-0.2, 0) is 26.2 Å². The number of hydrogen-bond acceptors (Lipinski definition) is 6. The van der Waals surface area contributed by atoms with Crippen LogP contribution in [0.2, 0.25) is 0 Å². The van der Waals surface area contributed by atoms with E-state index in [1.807, 2.05) is 36.8 Å². The summed E-state index contributed by atoms with van der Waals surface area (Å²) in [4.78, 5) is 24.0. The van der Waals surface area contributed by atoms with Gasteiger partial charge in [0.25, 0.3) is 5.91 Å². The molecule has 1 fully saturated rings. The van der Waals surface area contributed by atoms with Crippen LogP contribution in [0, 0.1) is 17.2 Å². The van der Waals surface area contributed by atoms with Crippen LogP contribution in [0.4, 0.5) is 5.69 Å². The van der Waals surface area contributed by atoms with Gasteiger partial charge in [0.15, 0.2) is 5.75 Å². The maximum absolute atomic E-state index is 12.4. The molecule has 164 valence electrons. The van der Waals surface area contributed by atoms with E-state index in [-0.39, 0.29) is 30.3 Å². The molecule has 0 saturated carbocycles. The lowest BCUT2D eigenvalue weighted by Crippen LogP contribution is -2.30. The topological polar surface area (TPSA) is 117 Å². The van der Waals surface area contributed by atoms with E-state index in [2.05, 4.69) is 6.07 Å². The Morgan fingerprint density at radius 1 is 1.29 bits per heavy atom. The van der Waals surface area contributed by atoms with Crippen molar-refractivity contribution in [3.05, 3.63) is 35.9 Å². The zero-order chi connectivity index (χ0) is 22.6. The lowest BCUT2D eigenvalue weighted by atomic mass is 9.99. The summed E-state index contributed by atoms with van der Waals surface area (Å²) in [5, 5.41) is 10.5. The van der Waals surface area contributed by atoms with Gasteiger partial charge >= 0.3 is 16.2 Å². The van der Waals surface area contributed by atoms with Gasteiger partial charge in [-0.3, -0.25) is 9.59 Å². The maximum atomic E-state index is 12.4. The van der Waals surface area contributed by atoms with Crippen molar-refractivity contribution in [2.24, 2.45) is 5.92 Å². The highest BCUT2D eigenvalue weighted by atomic mass is 32.2. The lowest BCUT2D eigenvalue weighted by Gasteiger charge is -2.19. The minimum Gasteiger partial charge on any atom is -0.424 e. The van der Waals surface area contributed by atoms with Gasteiger partial charge in [-0.25, -0.2) is 9.03 Å². The second-order valence-corrected chi connectivity index (χ2v) is 9.28. The molecule has 31 heavy (non-hydrogen) atoms. The zero-order valence-corrected chi connectivity index (χ0v) is 18.4. The largest absolute Gasteiger partial charge is 0.424 e. The number of hydrogen-bond donors (Lipinski definition) is 1. The molecule has 3 rings (SSSR count). The number of rotatable bonds is 8. The average Bonchev–Trinajstić information content (AvgIpc) is 3.01. The predicted molar refractivity (Wildman–Crippen MR) is 117 cm³/mol. The molecule has 1 aliphatic heterocycles. The number of nitriles is 1. The Labute approximate surface area is 182 Å². The highest BCUT2D eigenvalue weighted by molar-refractivity contribution is 7.92. The van der Waals surface area contributed by atoms with Crippen molar-refractivity contribution in [2.75, 3.05) is 10.8 Å². The number of unbranched alkanes of at least 4 members (excludes halogenated alkanes) is 1. The summed E-state index contributed by atoms with van der Waals surface area (Å²) >= 11 is 0. The van der Waals surface area contributed by atoms with Gasteiger partial charge in [-0.2, -0.15) is 13.7 Å². The van der Waals surface area contributed by atoms with Gasteiger partial charge in [0.05, 0.1) is 11.8 Å². The smallest absolute Gasteiger partial charge is 0.326 e. The Hall–Kier alpha value is -3.12. The first kappa shape index (κ1) is 22.6. The molecule has 9 heteroatoms. The fourth-order valence-corrected chi connectivity index (χ4v) is 4.50. The van der Waals surface area contributed by atoms with Crippen molar-refractivity contribution in [3.8, 4) is 11.8 Å². The molecule has 1 N–H and O–H groups in total. The highest BCUT2D eigenvalue weighted by Crippen LogP contribution is 2.36. The number of aryl methyl sites for hydroxylation is 1. The summed E-state index contributed by atoms with van der Waals surface area (Å²) in [5.41, 5.74) is 1.14. The minimum absolute atomic E-state index is 0.0667. The lowest BCUT2D eigenvalue weighted by molar-refractivity contribution is -0.134. The molecule has 0 spiro atoms.